The van der Waals surface area contributed by atoms with Crippen molar-refractivity contribution in [3.05, 3.63) is 0 Å². The van der Waals surface area contributed by atoms with Crippen LogP contribution in [0.2, 0.25) is 0 Å². The Labute approximate surface area is 182 Å². The highest BCUT2D eigenvalue weighted by molar-refractivity contribution is 7.98. The molecule has 13 nitrogen and oxygen atoms in total. The number of rotatable bonds is 10. The summed E-state index contributed by atoms with van der Waals surface area (Å²) in [6, 6.07) is -0.896. The smallest absolute Gasteiger partial charge is 0.323 e. The molecule has 9 N–H and O–H groups in total. The van der Waals surface area contributed by atoms with Crippen LogP contribution in [-0.4, -0.2) is 134 Å². The summed E-state index contributed by atoms with van der Waals surface area (Å²) in [7, 11) is 0. The first-order chi connectivity index (χ1) is 14.6. The van der Waals surface area contributed by atoms with E-state index in [0.717, 1.165) is 0 Å². The third-order valence-electron chi connectivity index (χ3n) is 5.22. The lowest BCUT2D eigenvalue weighted by atomic mass is 9.99. The van der Waals surface area contributed by atoms with Gasteiger partial charge in [0.2, 0.25) is 5.79 Å². The summed E-state index contributed by atoms with van der Waals surface area (Å²) >= 11 is 1.50. The molecule has 0 bridgehead atoms. The van der Waals surface area contributed by atoms with Crippen LogP contribution in [0.1, 0.15) is 6.42 Å². The van der Waals surface area contributed by atoms with Crippen LogP contribution in [-0.2, 0) is 23.7 Å². The number of carbonyl (C=O) groups excluding carboxylic acids is 1. The van der Waals surface area contributed by atoms with Crippen LogP contribution in [0.15, 0.2) is 0 Å². The molecule has 10 atom stereocenters. The van der Waals surface area contributed by atoms with E-state index in [4.69, 9.17) is 24.7 Å². The van der Waals surface area contributed by atoms with Crippen molar-refractivity contribution in [2.24, 2.45) is 5.73 Å². The van der Waals surface area contributed by atoms with Gasteiger partial charge in [0, 0.05) is 0 Å². The molecule has 2 saturated heterocycles. The molecule has 0 aliphatic carbocycles. The maximum atomic E-state index is 12.0. The second kappa shape index (κ2) is 11.5. The second-order valence-electron chi connectivity index (χ2n) is 7.39. The number of nitrogens with two attached hydrogens (primary N) is 1. The average Bonchev–Trinajstić information content (AvgIpc) is 3.01. The fraction of sp³-hybridized carbons (Fsp3) is 0.941. The molecule has 0 aromatic heterocycles. The molecule has 0 amide bonds. The zero-order valence-corrected chi connectivity index (χ0v) is 17.7. The molecule has 0 radical (unpaired) electrons. The lowest BCUT2D eigenvalue weighted by molar-refractivity contribution is -0.383. The molecule has 182 valence electrons. The Morgan fingerprint density at radius 1 is 1.10 bits per heavy atom. The lowest BCUT2D eigenvalue weighted by Gasteiger charge is -2.43. The van der Waals surface area contributed by atoms with Crippen molar-refractivity contribution in [1.29, 1.82) is 0 Å². The van der Waals surface area contributed by atoms with Gasteiger partial charge >= 0.3 is 5.97 Å². The minimum atomic E-state index is -2.29. The maximum absolute atomic E-state index is 12.0. The number of carbonyl (C=O) groups is 1. The van der Waals surface area contributed by atoms with Gasteiger partial charge in [-0.15, -0.1) is 0 Å². The molecular weight excluding hydrogens is 442 g/mol. The van der Waals surface area contributed by atoms with Gasteiger partial charge < -0.3 is 60.4 Å². The van der Waals surface area contributed by atoms with Crippen LogP contribution in [0.4, 0.5) is 0 Å². The number of aliphatic hydroxyl groups is 7. The van der Waals surface area contributed by atoms with Crippen molar-refractivity contribution in [1.82, 2.24) is 0 Å². The van der Waals surface area contributed by atoms with E-state index in [1.165, 1.54) is 11.8 Å². The highest BCUT2D eigenvalue weighted by Crippen LogP contribution is 2.36. The summed E-state index contributed by atoms with van der Waals surface area (Å²) < 4.78 is 21.0. The standard InChI is InChI=1S/C17H31NO12S/c1-31-3-2-7(18)15(26)27-5-9-10(21)12(23)13(24)16(28-9)30-17(6-20)14(25)11(22)8(4-19)29-17/h7-14,16,19-25H,2-6,18H2,1H3/t7-,8+,9+,10+,11+,12-,13+,14-,16+,17-/m0/s1. The molecule has 2 rings (SSSR count). The van der Waals surface area contributed by atoms with Gasteiger partial charge in [0.25, 0.3) is 0 Å². The molecular formula is C17H31NO12S. The van der Waals surface area contributed by atoms with E-state index in [2.05, 4.69) is 0 Å². The molecule has 0 saturated carbocycles. The number of aliphatic hydroxyl groups excluding tert-OH is 7. The Kier molecular flexibility index (Phi) is 9.87. The van der Waals surface area contributed by atoms with Crippen molar-refractivity contribution in [3.8, 4) is 0 Å². The van der Waals surface area contributed by atoms with E-state index in [-0.39, 0.29) is 0 Å². The topological polar surface area (TPSA) is 222 Å². The molecule has 2 aliphatic heterocycles. The minimum absolute atomic E-state index is 0.365. The van der Waals surface area contributed by atoms with Gasteiger partial charge in [-0.1, -0.05) is 0 Å². The Morgan fingerprint density at radius 2 is 1.77 bits per heavy atom. The van der Waals surface area contributed by atoms with Gasteiger partial charge in [-0.25, -0.2) is 0 Å². The van der Waals surface area contributed by atoms with E-state index in [1.54, 1.807) is 0 Å². The third kappa shape index (κ3) is 5.85. The largest absolute Gasteiger partial charge is 0.462 e. The van der Waals surface area contributed by atoms with Gasteiger partial charge in [0.1, 0.15) is 62.0 Å². The van der Waals surface area contributed by atoms with Crippen molar-refractivity contribution < 1.29 is 59.5 Å². The molecule has 0 spiro atoms. The van der Waals surface area contributed by atoms with Gasteiger partial charge in [-0.3, -0.25) is 4.79 Å². The summed E-state index contributed by atoms with van der Waals surface area (Å²) in [5, 5.41) is 69.6. The van der Waals surface area contributed by atoms with E-state index in [9.17, 15) is 40.5 Å². The Morgan fingerprint density at radius 3 is 2.32 bits per heavy atom. The number of hydrogen-bond donors (Lipinski definition) is 8. The van der Waals surface area contributed by atoms with Gasteiger partial charge in [0.05, 0.1) is 6.61 Å². The molecule has 0 aromatic carbocycles. The highest BCUT2D eigenvalue weighted by Gasteiger charge is 2.58. The fourth-order valence-corrected chi connectivity index (χ4v) is 3.74. The number of esters is 1. The Hall–Kier alpha value is -0.620. The first-order valence-electron chi connectivity index (χ1n) is 9.66. The summed E-state index contributed by atoms with van der Waals surface area (Å²) in [4.78, 5) is 12.0. The van der Waals surface area contributed by atoms with Gasteiger partial charge in [-0.05, 0) is 18.4 Å². The summed E-state index contributed by atoms with van der Waals surface area (Å²) in [6.07, 6.45) is -11.0. The maximum Gasteiger partial charge on any atom is 0.323 e. The zero-order chi connectivity index (χ0) is 23.3. The number of ether oxygens (including phenoxy) is 4. The van der Waals surface area contributed by atoms with E-state index < -0.39 is 86.6 Å². The summed E-state index contributed by atoms with van der Waals surface area (Å²) in [6.45, 7) is -2.24. The lowest BCUT2D eigenvalue weighted by Crippen LogP contribution is -2.63. The van der Waals surface area contributed by atoms with E-state index in [0.29, 0.717) is 12.2 Å². The van der Waals surface area contributed by atoms with Gasteiger partial charge in [-0.2, -0.15) is 11.8 Å². The second-order valence-corrected chi connectivity index (χ2v) is 8.38. The van der Waals surface area contributed by atoms with Crippen LogP contribution in [0.3, 0.4) is 0 Å². The van der Waals surface area contributed by atoms with E-state index in [1.807, 2.05) is 6.26 Å². The number of thioether (sulfide) groups is 1. The SMILES string of the molecule is CSCC[C@H](N)C(=O)OC[C@H]1O[C@H](O[C@]2(CO)O[C@H](CO)[C@@H](O)[C@@H]2O)[C@H](O)[C@@H](O)[C@@H]1O. The predicted molar refractivity (Wildman–Crippen MR) is 103 cm³/mol. The third-order valence-corrected chi connectivity index (χ3v) is 5.86. The van der Waals surface area contributed by atoms with Crippen LogP contribution in [0.25, 0.3) is 0 Å². The molecule has 2 aliphatic rings. The van der Waals surface area contributed by atoms with Crippen LogP contribution in [0.5, 0.6) is 0 Å². The molecule has 2 fully saturated rings. The van der Waals surface area contributed by atoms with Crippen molar-refractivity contribution in [2.45, 2.75) is 67.3 Å². The molecule has 0 unspecified atom stereocenters. The van der Waals surface area contributed by atoms with Gasteiger partial charge in [0.15, 0.2) is 6.29 Å². The fourth-order valence-electron chi connectivity index (χ4n) is 3.25. The quantitative estimate of drug-likeness (QED) is 0.140. The minimum Gasteiger partial charge on any atom is -0.462 e. The molecule has 14 heteroatoms. The summed E-state index contributed by atoms with van der Waals surface area (Å²) in [5.74, 6) is -2.41. The normalized spacial score (nSPS) is 41.8. The molecule has 2 heterocycles. The highest BCUT2D eigenvalue weighted by atomic mass is 32.2. The zero-order valence-electron chi connectivity index (χ0n) is 16.9. The monoisotopic (exact) mass is 473 g/mol. The summed E-state index contributed by atoms with van der Waals surface area (Å²) in [5.41, 5.74) is 5.71. The van der Waals surface area contributed by atoms with Crippen molar-refractivity contribution >= 4 is 17.7 Å². The number of hydrogen-bond acceptors (Lipinski definition) is 14. The predicted octanol–water partition coefficient (Wildman–Crippen LogP) is -4.76. The van der Waals surface area contributed by atoms with E-state index >= 15 is 0 Å². The molecule has 0 aromatic rings. The van der Waals surface area contributed by atoms with Crippen LogP contribution >= 0.6 is 11.8 Å². The first kappa shape index (κ1) is 26.6. The molecule has 31 heavy (non-hydrogen) atoms. The Bertz CT molecular complexity index is 587. The Balaban J connectivity index is 2.06. The van der Waals surface area contributed by atoms with Crippen LogP contribution < -0.4 is 5.73 Å². The average molecular weight is 473 g/mol. The van der Waals surface area contributed by atoms with Crippen LogP contribution in [0, 0.1) is 0 Å². The van der Waals surface area contributed by atoms with Crippen molar-refractivity contribution in [2.75, 3.05) is 31.8 Å². The van der Waals surface area contributed by atoms with Crippen molar-refractivity contribution in [3.63, 3.8) is 0 Å². The first-order valence-corrected chi connectivity index (χ1v) is 11.1.